The van der Waals surface area contributed by atoms with E-state index in [2.05, 4.69) is 10.2 Å². The molecule has 1 N–H and O–H groups in total. The predicted molar refractivity (Wildman–Crippen MR) is 131 cm³/mol. The van der Waals surface area contributed by atoms with Gasteiger partial charge in [0.2, 0.25) is 0 Å². The molecule has 1 aliphatic heterocycles. The fraction of sp³-hybridized carbons (Fsp3) is 0.409. The number of nitrogens with zero attached hydrogens (tertiary/aromatic N) is 3. The van der Waals surface area contributed by atoms with Crippen molar-refractivity contribution in [3.63, 3.8) is 0 Å². The second-order valence-corrected chi connectivity index (χ2v) is 7.34. The average Bonchev–Trinajstić information content (AvgIpc) is 3.28. The number of ether oxygens (including phenoxy) is 2. The van der Waals surface area contributed by atoms with Gasteiger partial charge in [-0.05, 0) is 18.1 Å². The Balaban J connectivity index is 0.00000341. The van der Waals surface area contributed by atoms with E-state index in [-0.39, 0.29) is 29.7 Å². The van der Waals surface area contributed by atoms with Crippen LogP contribution in [0.15, 0.2) is 53.5 Å². The number of hydrogen-bond acceptors (Lipinski definition) is 5. The Labute approximate surface area is 199 Å². The molecule has 0 spiro atoms. The summed E-state index contributed by atoms with van der Waals surface area (Å²) < 4.78 is 10.9. The van der Waals surface area contributed by atoms with Crippen LogP contribution in [-0.4, -0.2) is 49.7 Å². The number of halogens is 1. The van der Waals surface area contributed by atoms with E-state index in [0.717, 1.165) is 49.0 Å². The number of nitro groups is 1. The maximum atomic E-state index is 10.8. The monoisotopic (exact) mass is 540 g/mol. The maximum absolute atomic E-state index is 10.8. The van der Waals surface area contributed by atoms with Gasteiger partial charge in [-0.15, -0.1) is 24.0 Å². The first kappa shape index (κ1) is 24.9. The molecule has 1 heterocycles. The van der Waals surface area contributed by atoms with E-state index in [4.69, 9.17) is 14.5 Å². The lowest BCUT2D eigenvalue weighted by Crippen LogP contribution is -2.41. The minimum Gasteiger partial charge on any atom is -0.496 e. The molecule has 2 aromatic rings. The Hall–Kier alpha value is -2.40. The summed E-state index contributed by atoms with van der Waals surface area (Å²) in [6.07, 6.45) is 1.04. The van der Waals surface area contributed by atoms with E-state index in [1.807, 2.05) is 31.3 Å². The van der Waals surface area contributed by atoms with Gasteiger partial charge < -0.3 is 19.7 Å². The van der Waals surface area contributed by atoms with Gasteiger partial charge in [0.25, 0.3) is 5.69 Å². The van der Waals surface area contributed by atoms with Crippen LogP contribution in [0.4, 0.5) is 5.69 Å². The SMILES string of the molecule is COc1ccccc1CN(C)C(=NCc1ccc([N+](=O)[O-])cc1)NCC1CCOC1.I. The number of benzene rings is 2. The number of methoxy groups -OCH3 is 1. The summed E-state index contributed by atoms with van der Waals surface area (Å²) in [7, 11) is 3.65. The highest BCUT2D eigenvalue weighted by atomic mass is 127. The Morgan fingerprint density at radius 1 is 1.29 bits per heavy atom. The van der Waals surface area contributed by atoms with Crippen LogP contribution in [0.2, 0.25) is 0 Å². The smallest absolute Gasteiger partial charge is 0.269 e. The van der Waals surface area contributed by atoms with Crippen LogP contribution in [0.25, 0.3) is 0 Å². The van der Waals surface area contributed by atoms with Crippen LogP contribution in [0, 0.1) is 16.0 Å². The lowest BCUT2D eigenvalue weighted by Gasteiger charge is -2.24. The Bertz CT molecular complexity index is 870. The van der Waals surface area contributed by atoms with Gasteiger partial charge in [-0.1, -0.05) is 30.3 Å². The second-order valence-electron chi connectivity index (χ2n) is 7.34. The van der Waals surface area contributed by atoms with Crippen molar-refractivity contribution in [1.82, 2.24) is 10.2 Å². The summed E-state index contributed by atoms with van der Waals surface area (Å²) in [6, 6.07) is 14.4. The third-order valence-corrected chi connectivity index (χ3v) is 5.09. The maximum Gasteiger partial charge on any atom is 0.269 e. The van der Waals surface area contributed by atoms with Crippen LogP contribution in [0.5, 0.6) is 5.75 Å². The van der Waals surface area contributed by atoms with E-state index in [0.29, 0.717) is 19.0 Å². The highest BCUT2D eigenvalue weighted by molar-refractivity contribution is 14.0. The molecule has 168 valence electrons. The minimum atomic E-state index is -0.398. The molecule has 0 amide bonds. The highest BCUT2D eigenvalue weighted by Gasteiger charge is 2.17. The molecule has 0 bridgehead atoms. The van der Waals surface area contributed by atoms with E-state index >= 15 is 0 Å². The lowest BCUT2D eigenvalue weighted by molar-refractivity contribution is -0.384. The topological polar surface area (TPSA) is 89.2 Å². The molecular formula is C22H29IN4O4. The second kappa shape index (κ2) is 12.5. The molecule has 0 saturated carbocycles. The molecular weight excluding hydrogens is 511 g/mol. The number of nitrogens with one attached hydrogen (secondary N) is 1. The molecule has 0 aromatic heterocycles. The summed E-state index contributed by atoms with van der Waals surface area (Å²) in [6.45, 7) is 3.42. The van der Waals surface area contributed by atoms with Crippen molar-refractivity contribution in [3.8, 4) is 5.75 Å². The third-order valence-electron chi connectivity index (χ3n) is 5.09. The molecule has 1 unspecified atom stereocenters. The normalized spacial score (nSPS) is 15.8. The fourth-order valence-corrected chi connectivity index (χ4v) is 3.34. The van der Waals surface area contributed by atoms with Crippen LogP contribution in [-0.2, 0) is 17.8 Å². The van der Waals surface area contributed by atoms with Crippen molar-refractivity contribution in [1.29, 1.82) is 0 Å². The van der Waals surface area contributed by atoms with Gasteiger partial charge in [-0.25, -0.2) is 4.99 Å². The Morgan fingerprint density at radius 3 is 2.68 bits per heavy atom. The van der Waals surface area contributed by atoms with Crippen LogP contribution < -0.4 is 10.1 Å². The van der Waals surface area contributed by atoms with Gasteiger partial charge in [-0.3, -0.25) is 10.1 Å². The van der Waals surface area contributed by atoms with Crippen molar-refractivity contribution >= 4 is 35.6 Å². The fourth-order valence-electron chi connectivity index (χ4n) is 3.34. The summed E-state index contributed by atoms with van der Waals surface area (Å²) in [4.78, 5) is 17.3. The average molecular weight is 540 g/mol. The van der Waals surface area contributed by atoms with Gasteiger partial charge in [0.15, 0.2) is 5.96 Å². The molecule has 2 aromatic carbocycles. The van der Waals surface area contributed by atoms with Crippen LogP contribution >= 0.6 is 24.0 Å². The van der Waals surface area contributed by atoms with E-state index < -0.39 is 4.92 Å². The summed E-state index contributed by atoms with van der Waals surface area (Å²) in [5.41, 5.74) is 2.06. The lowest BCUT2D eigenvalue weighted by atomic mass is 10.1. The molecule has 8 nitrogen and oxygen atoms in total. The van der Waals surface area contributed by atoms with Crippen molar-refractivity contribution in [3.05, 3.63) is 69.8 Å². The van der Waals surface area contributed by atoms with Crippen molar-refractivity contribution < 1.29 is 14.4 Å². The van der Waals surface area contributed by atoms with Gasteiger partial charge in [0, 0.05) is 50.4 Å². The molecule has 9 heteroatoms. The molecule has 1 atom stereocenters. The molecule has 1 aliphatic rings. The first-order valence-electron chi connectivity index (χ1n) is 9.99. The Kier molecular flexibility index (Phi) is 9.99. The number of aliphatic imine (C=N–C) groups is 1. The van der Waals surface area contributed by atoms with Crippen molar-refractivity contribution in [2.75, 3.05) is 33.9 Å². The zero-order valence-electron chi connectivity index (χ0n) is 17.8. The molecule has 0 aliphatic carbocycles. The number of para-hydroxylation sites is 1. The molecule has 0 radical (unpaired) electrons. The van der Waals surface area contributed by atoms with Crippen LogP contribution in [0.1, 0.15) is 17.5 Å². The minimum absolute atomic E-state index is 0. The molecule has 31 heavy (non-hydrogen) atoms. The largest absolute Gasteiger partial charge is 0.496 e. The van der Waals surface area contributed by atoms with Crippen molar-refractivity contribution in [2.24, 2.45) is 10.9 Å². The number of rotatable bonds is 8. The molecule has 1 fully saturated rings. The number of guanidine groups is 1. The Morgan fingerprint density at radius 2 is 2.03 bits per heavy atom. The molecule has 3 rings (SSSR count). The van der Waals surface area contributed by atoms with Gasteiger partial charge in [0.05, 0.1) is 25.2 Å². The first-order chi connectivity index (χ1) is 14.6. The van der Waals surface area contributed by atoms with E-state index in [9.17, 15) is 10.1 Å². The summed E-state index contributed by atoms with van der Waals surface area (Å²) in [5.74, 6) is 2.07. The molecule has 1 saturated heterocycles. The number of hydrogen-bond donors (Lipinski definition) is 1. The summed E-state index contributed by atoms with van der Waals surface area (Å²) in [5, 5.41) is 14.3. The number of non-ortho nitro benzene ring substituents is 1. The zero-order chi connectivity index (χ0) is 21.3. The van der Waals surface area contributed by atoms with Gasteiger partial charge in [-0.2, -0.15) is 0 Å². The zero-order valence-corrected chi connectivity index (χ0v) is 20.2. The first-order valence-corrected chi connectivity index (χ1v) is 9.99. The van der Waals surface area contributed by atoms with E-state index in [1.165, 1.54) is 12.1 Å². The third kappa shape index (κ3) is 7.35. The predicted octanol–water partition coefficient (Wildman–Crippen LogP) is 3.84. The van der Waals surface area contributed by atoms with Crippen LogP contribution in [0.3, 0.4) is 0 Å². The van der Waals surface area contributed by atoms with Gasteiger partial charge >= 0.3 is 0 Å². The standard InChI is InChI=1S/C22H28N4O4.HI/c1-25(15-19-5-3-4-6-21(19)29-2)22(24-14-18-11-12-30-16-18)23-13-17-7-9-20(10-8-17)26(27)28;/h3-10,18H,11-16H2,1-2H3,(H,23,24);1H. The van der Waals surface area contributed by atoms with Crippen molar-refractivity contribution in [2.45, 2.75) is 19.5 Å². The number of nitro benzene ring substituents is 1. The van der Waals surface area contributed by atoms with Gasteiger partial charge in [0.1, 0.15) is 5.75 Å². The quantitative estimate of drug-likeness (QED) is 0.180. The summed E-state index contributed by atoms with van der Waals surface area (Å²) >= 11 is 0. The van der Waals surface area contributed by atoms with E-state index in [1.54, 1.807) is 19.2 Å². The highest BCUT2D eigenvalue weighted by Crippen LogP contribution is 2.19.